The van der Waals surface area contributed by atoms with E-state index in [-0.39, 0.29) is 17.9 Å². The van der Waals surface area contributed by atoms with Gasteiger partial charge in [0, 0.05) is 54.7 Å². The summed E-state index contributed by atoms with van der Waals surface area (Å²) in [6, 6.07) is 9.56. The maximum Gasteiger partial charge on any atom is 0.228 e. The molecule has 7 nitrogen and oxygen atoms in total. The Morgan fingerprint density at radius 2 is 1.94 bits per heavy atom. The van der Waals surface area contributed by atoms with Gasteiger partial charge in [-0.05, 0) is 43.2 Å². The van der Waals surface area contributed by atoms with E-state index in [1.807, 2.05) is 37.4 Å². The van der Waals surface area contributed by atoms with Gasteiger partial charge in [-0.3, -0.25) is 4.79 Å². The number of aromatic nitrogens is 2. The van der Waals surface area contributed by atoms with Gasteiger partial charge < -0.3 is 20.1 Å². The lowest BCUT2D eigenvalue weighted by molar-refractivity contribution is -0.117. The first-order valence-electron chi connectivity index (χ1n) is 10.8. The number of ether oxygens (including phenoxy) is 2. The monoisotopic (exact) mass is 428 g/mol. The highest BCUT2D eigenvalue weighted by atomic mass is 16.5. The van der Waals surface area contributed by atoms with Gasteiger partial charge in [0.2, 0.25) is 5.91 Å². The van der Waals surface area contributed by atoms with Crippen LogP contribution in [0.25, 0.3) is 10.8 Å². The molecule has 2 N–H and O–H groups in total. The summed E-state index contributed by atoms with van der Waals surface area (Å²) >= 11 is 0. The van der Waals surface area contributed by atoms with E-state index >= 15 is 0 Å². The Hall–Kier alpha value is -3.63. The second kappa shape index (κ2) is 8.85. The van der Waals surface area contributed by atoms with E-state index in [0.717, 1.165) is 59.3 Å². The summed E-state index contributed by atoms with van der Waals surface area (Å²) < 4.78 is 11.1. The number of anilines is 2. The van der Waals surface area contributed by atoms with Crippen LogP contribution in [0.15, 0.2) is 42.7 Å². The van der Waals surface area contributed by atoms with E-state index in [2.05, 4.69) is 32.4 Å². The van der Waals surface area contributed by atoms with E-state index < -0.39 is 0 Å². The van der Waals surface area contributed by atoms with E-state index in [1.165, 1.54) is 0 Å². The number of nitrogens with one attached hydrogen (secondary N) is 2. The van der Waals surface area contributed by atoms with Gasteiger partial charge in [-0.1, -0.05) is 11.8 Å². The number of hydrogen-bond acceptors (Lipinski definition) is 6. The number of carbonyl (C=O) groups is 1. The predicted molar refractivity (Wildman–Crippen MR) is 123 cm³/mol. The van der Waals surface area contributed by atoms with Crippen LogP contribution in [0.2, 0.25) is 0 Å². The number of nitrogens with zero attached hydrogens (tertiary/aromatic N) is 2. The highest BCUT2D eigenvalue weighted by Crippen LogP contribution is 2.31. The highest BCUT2D eigenvalue weighted by Gasteiger charge is 2.29. The van der Waals surface area contributed by atoms with E-state index in [4.69, 9.17) is 9.47 Å². The Balaban J connectivity index is 1.38. The van der Waals surface area contributed by atoms with E-state index in [9.17, 15) is 4.79 Å². The van der Waals surface area contributed by atoms with Gasteiger partial charge in [0.1, 0.15) is 24.0 Å². The van der Waals surface area contributed by atoms with Crippen molar-refractivity contribution in [1.82, 2.24) is 9.97 Å². The lowest BCUT2D eigenvalue weighted by Crippen LogP contribution is -2.32. The van der Waals surface area contributed by atoms with Gasteiger partial charge in [0.05, 0.1) is 11.7 Å². The number of fused-ring (bicyclic) bond motifs is 1. The Labute approximate surface area is 186 Å². The van der Waals surface area contributed by atoms with Crippen molar-refractivity contribution in [2.45, 2.75) is 25.4 Å². The van der Waals surface area contributed by atoms with Gasteiger partial charge in [0.15, 0.2) is 0 Å². The number of hydrogen-bond donors (Lipinski definition) is 2. The molecular weight excluding hydrogens is 404 g/mol. The molecule has 1 aromatic carbocycles. The van der Waals surface area contributed by atoms with Crippen LogP contribution in [0.4, 0.5) is 11.6 Å². The third kappa shape index (κ3) is 4.51. The van der Waals surface area contributed by atoms with E-state index in [0.29, 0.717) is 12.4 Å². The predicted octanol–water partition coefficient (Wildman–Crippen LogP) is 3.59. The molecule has 0 radical (unpaired) electrons. The van der Waals surface area contributed by atoms with Crippen LogP contribution < -0.4 is 15.4 Å². The third-order valence-corrected chi connectivity index (χ3v) is 5.63. The molecule has 2 aliphatic rings. The topological polar surface area (TPSA) is 85.4 Å². The molecule has 3 heterocycles. The first-order chi connectivity index (χ1) is 15.7. The molecule has 1 aliphatic heterocycles. The van der Waals surface area contributed by atoms with Crippen molar-refractivity contribution in [2.75, 3.05) is 30.9 Å². The number of benzene rings is 1. The lowest BCUT2D eigenvalue weighted by Gasteiger charge is -2.26. The molecule has 1 unspecified atom stereocenters. The normalized spacial score (nSPS) is 17.1. The van der Waals surface area contributed by atoms with Crippen LogP contribution in [0.5, 0.6) is 5.75 Å². The van der Waals surface area contributed by atoms with Crippen molar-refractivity contribution in [3.8, 4) is 17.6 Å². The largest absolute Gasteiger partial charge is 0.491 e. The second-order valence-corrected chi connectivity index (χ2v) is 8.02. The number of carbonyl (C=O) groups excluding carboxylic acids is 1. The Bertz CT molecular complexity index is 1210. The Morgan fingerprint density at radius 3 is 2.62 bits per heavy atom. The Morgan fingerprint density at radius 1 is 1.12 bits per heavy atom. The molecule has 0 spiro atoms. The minimum atomic E-state index is 0.0264. The molecule has 32 heavy (non-hydrogen) atoms. The summed E-state index contributed by atoms with van der Waals surface area (Å²) in [5, 5.41) is 7.73. The van der Waals surface area contributed by atoms with Gasteiger partial charge in [-0.15, -0.1) is 0 Å². The molecule has 5 rings (SSSR count). The van der Waals surface area contributed by atoms with Crippen molar-refractivity contribution in [3.63, 3.8) is 0 Å². The van der Waals surface area contributed by atoms with E-state index in [1.54, 1.807) is 12.4 Å². The standard InChI is InChI=1S/C25H24N4O3/c1-26-24-22-14-27-23(29-25(30)17-6-7-17)12-21(22)18(13-28-24)5-2-16-3-8-19(9-4-16)32-15-20-10-11-31-20/h3-4,8-9,12-14,17,20H,6-7,10-11,15H2,1H3,(H,26,28)(H,27,29,30). The molecule has 1 aliphatic carbocycles. The maximum absolute atomic E-state index is 12.1. The van der Waals surface area contributed by atoms with Crippen LogP contribution in [0.1, 0.15) is 30.4 Å². The molecule has 1 saturated carbocycles. The highest BCUT2D eigenvalue weighted by molar-refractivity contribution is 5.99. The molecule has 7 heteroatoms. The molecule has 1 saturated heterocycles. The zero-order chi connectivity index (χ0) is 21.9. The van der Waals surface area contributed by atoms with Crippen LogP contribution in [0.3, 0.4) is 0 Å². The summed E-state index contributed by atoms with van der Waals surface area (Å²) in [4.78, 5) is 21.0. The smallest absolute Gasteiger partial charge is 0.228 e. The minimum absolute atomic E-state index is 0.0264. The van der Waals surface area contributed by atoms with Gasteiger partial charge in [-0.2, -0.15) is 0 Å². The number of rotatable bonds is 6. The summed E-state index contributed by atoms with van der Waals surface area (Å²) in [5.41, 5.74) is 1.64. The SMILES string of the molecule is CNc1ncc(C#Cc2ccc(OCC3CCO3)cc2)c2cc(NC(=O)C3CC3)ncc12. The average molecular weight is 428 g/mol. The first kappa shape index (κ1) is 20.3. The fourth-order valence-corrected chi connectivity index (χ4v) is 3.46. The molecule has 3 aromatic rings. The van der Waals surface area contributed by atoms with Crippen LogP contribution in [-0.4, -0.2) is 42.2 Å². The molecule has 0 bridgehead atoms. The first-order valence-corrected chi connectivity index (χ1v) is 10.8. The van der Waals surface area contributed by atoms with Crippen molar-refractivity contribution in [2.24, 2.45) is 5.92 Å². The maximum atomic E-state index is 12.1. The number of pyridine rings is 2. The molecule has 1 atom stereocenters. The number of amides is 1. The van der Waals surface area contributed by atoms with Crippen LogP contribution in [-0.2, 0) is 9.53 Å². The van der Waals surface area contributed by atoms with Gasteiger partial charge in [0.25, 0.3) is 0 Å². The Kier molecular flexibility index (Phi) is 5.61. The fraction of sp³-hybridized carbons (Fsp3) is 0.320. The molecule has 1 amide bonds. The van der Waals surface area contributed by atoms with Gasteiger partial charge in [-0.25, -0.2) is 9.97 Å². The summed E-state index contributed by atoms with van der Waals surface area (Å²) in [5.74, 6) is 8.61. The third-order valence-electron chi connectivity index (χ3n) is 5.63. The molecule has 2 aromatic heterocycles. The van der Waals surface area contributed by atoms with Gasteiger partial charge >= 0.3 is 0 Å². The summed E-state index contributed by atoms with van der Waals surface area (Å²) in [7, 11) is 1.82. The lowest BCUT2D eigenvalue weighted by atomic mass is 10.1. The van der Waals surface area contributed by atoms with Crippen molar-refractivity contribution < 1.29 is 14.3 Å². The van der Waals surface area contributed by atoms with Crippen LogP contribution >= 0.6 is 0 Å². The van der Waals surface area contributed by atoms with Crippen LogP contribution in [0, 0.1) is 17.8 Å². The summed E-state index contributed by atoms with van der Waals surface area (Å²) in [6.07, 6.45) is 6.62. The zero-order valence-electron chi connectivity index (χ0n) is 17.9. The molecular formula is C25H24N4O3. The van der Waals surface area contributed by atoms with Crippen molar-refractivity contribution in [1.29, 1.82) is 0 Å². The molecule has 2 fully saturated rings. The quantitative estimate of drug-likeness (QED) is 0.584. The second-order valence-electron chi connectivity index (χ2n) is 8.02. The summed E-state index contributed by atoms with van der Waals surface area (Å²) in [6.45, 7) is 1.40. The zero-order valence-corrected chi connectivity index (χ0v) is 17.9. The average Bonchev–Trinajstić information content (AvgIpc) is 3.63. The molecule has 162 valence electrons. The fourth-order valence-electron chi connectivity index (χ4n) is 3.46. The minimum Gasteiger partial charge on any atom is -0.491 e. The van der Waals surface area contributed by atoms with Crippen molar-refractivity contribution >= 4 is 28.3 Å². The van der Waals surface area contributed by atoms with Crippen molar-refractivity contribution in [3.05, 3.63) is 53.9 Å².